The van der Waals surface area contributed by atoms with Crippen LogP contribution >= 0.6 is 11.6 Å². The maximum atomic E-state index is 13.7. The van der Waals surface area contributed by atoms with Crippen molar-refractivity contribution >= 4 is 23.3 Å². The maximum absolute atomic E-state index is 13.7. The van der Waals surface area contributed by atoms with E-state index in [0.717, 1.165) is 18.9 Å². The van der Waals surface area contributed by atoms with Crippen LogP contribution in [0.2, 0.25) is 5.15 Å². The van der Waals surface area contributed by atoms with Gasteiger partial charge >= 0.3 is 12.3 Å². The van der Waals surface area contributed by atoms with Crippen LogP contribution in [0.3, 0.4) is 0 Å². The van der Waals surface area contributed by atoms with Crippen molar-refractivity contribution in [1.29, 1.82) is 0 Å². The number of carbonyl (C=O) groups excluding carboxylic acids is 1. The normalized spacial score (nSPS) is 18.9. The molecule has 4 rings (SSSR count). The number of rotatable bonds is 5. The average Bonchev–Trinajstić information content (AvgIpc) is 3.25. The first-order valence-corrected chi connectivity index (χ1v) is 10.6. The SMILES string of the molecule is CC(C)Oc1cc(C(F)(F)F)c2nc(CN3CCC(N4CCOC4=O)CC3)c(Cl)n2c1. The molecule has 1 amide bonds. The molecule has 0 unspecified atom stereocenters. The van der Waals surface area contributed by atoms with Gasteiger partial charge in [-0.1, -0.05) is 11.6 Å². The average molecular weight is 461 g/mol. The van der Waals surface area contributed by atoms with Crippen LogP contribution in [-0.4, -0.2) is 63.7 Å². The second-order valence-corrected chi connectivity index (χ2v) is 8.47. The van der Waals surface area contributed by atoms with Gasteiger partial charge in [0.15, 0.2) is 5.65 Å². The second kappa shape index (κ2) is 8.38. The van der Waals surface area contributed by atoms with Crippen LogP contribution in [0.15, 0.2) is 12.3 Å². The van der Waals surface area contributed by atoms with Gasteiger partial charge in [0.25, 0.3) is 0 Å². The third kappa shape index (κ3) is 4.55. The first-order chi connectivity index (χ1) is 14.6. The van der Waals surface area contributed by atoms with Crippen LogP contribution < -0.4 is 4.74 Å². The standard InChI is InChI=1S/C20H24ClF3N4O3/c1-12(2)31-14-9-15(20(22,23)24)18-25-16(17(21)28(18)10-14)11-26-5-3-13(4-6-26)27-7-8-30-19(27)29/h9-10,12-13H,3-8,11H2,1-2H3. The number of likely N-dealkylation sites (tertiary alicyclic amines) is 1. The lowest BCUT2D eigenvalue weighted by atomic mass is 10.0. The molecule has 0 N–H and O–H groups in total. The molecular formula is C20H24ClF3N4O3. The number of hydrogen-bond acceptors (Lipinski definition) is 5. The van der Waals surface area contributed by atoms with Crippen molar-refractivity contribution in [2.75, 3.05) is 26.2 Å². The zero-order valence-electron chi connectivity index (χ0n) is 17.3. The number of alkyl halides is 3. The number of ether oxygens (including phenoxy) is 2. The topological polar surface area (TPSA) is 59.3 Å². The Morgan fingerprint density at radius 2 is 2.00 bits per heavy atom. The molecule has 0 radical (unpaired) electrons. The molecule has 2 aliphatic heterocycles. The summed E-state index contributed by atoms with van der Waals surface area (Å²) in [7, 11) is 0. The van der Waals surface area contributed by atoms with E-state index in [4.69, 9.17) is 21.1 Å². The maximum Gasteiger partial charge on any atom is 0.420 e. The van der Waals surface area contributed by atoms with Crippen LogP contribution in [0.5, 0.6) is 5.75 Å². The summed E-state index contributed by atoms with van der Waals surface area (Å²) in [6.07, 6.45) is -2.18. The zero-order valence-corrected chi connectivity index (χ0v) is 18.0. The van der Waals surface area contributed by atoms with Gasteiger partial charge in [0.2, 0.25) is 0 Å². The molecule has 2 fully saturated rings. The Kier molecular flexibility index (Phi) is 5.95. The van der Waals surface area contributed by atoms with Crippen molar-refractivity contribution in [2.45, 2.75) is 51.6 Å². The zero-order chi connectivity index (χ0) is 22.3. The number of amides is 1. The van der Waals surface area contributed by atoms with Crippen LogP contribution in [-0.2, 0) is 17.5 Å². The summed E-state index contributed by atoms with van der Waals surface area (Å²) in [5.41, 5.74) is -0.740. The molecule has 0 spiro atoms. The van der Waals surface area contributed by atoms with Crippen LogP contribution in [0.1, 0.15) is 37.9 Å². The number of imidazole rings is 1. The Morgan fingerprint density at radius 1 is 1.29 bits per heavy atom. The highest BCUT2D eigenvalue weighted by molar-refractivity contribution is 6.30. The lowest BCUT2D eigenvalue weighted by Gasteiger charge is -2.35. The number of aromatic nitrogens is 2. The van der Waals surface area contributed by atoms with Gasteiger partial charge in [0.1, 0.15) is 23.1 Å². The van der Waals surface area contributed by atoms with E-state index in [2.05, 4.69) is 9.88 Å². The minimum absolute atomic E-state index is 0.0824. The Labute approximate surface area is 182 Å². The molecule has 0 aliphatic carbocycles. The second-order valence-electron chi connectivity index (χ2n) is 8.11. The number of hydrogen-bond donors (Lipinski definition) is 0. The molecule has 2 aliphatic rings. The van der Waals surface area contributed by atoms with Gasteiger partial charge in [-0.25, -0.2) is 9.78 Å². The molecule has 7 nitrogen and oxygen atoms in total. The van der Waals surface area contributed by atoms with Crippen molar-refractivity contribution in [1.82, 2.24) is 19.2 Å². The number of nitrogens with zero attached hydrogens (tertiary/aromatic N) is 4. The number of cyclic esters (lactones) is 1. The van der Waals surface area contributed by atoms with Crippen molar-refractivity contribution in [3.63, 3.8) is 0 Å². The van der Waals surface area contributed by atoms with Gasteiger partial charge in [0, 0.05) is 25.7 Å². The Hall–Kier alpha value is -2.20. The number of pyridine rings is 1. The predicted molar refractivity (Wildman–Crippen MR) is 107 cm³/mol. The summed E-state index contributed by atoms with van der Waals surface area (Å²) < 4.78 is 52.7. The highest BCUT2D eigenvalue weighted by Gasteiger charge is 2.36. The molecule has 0 atom stereocenters. The van der Waals surface area contributed by atoms with E-state index in [9.17, 15) is 18.0 Å². The minimum atomic E-state index is -4.59. The smallest absolute Gasteiger partial charge is 0.420 e. The van der Waals surface area contributed by atoms with E-state index in [1.165, 1.54) is 10.6 Å². The molecule has 4 heterocycles. The van der Waals surface area contributed by atoms with Gasteiger partial charge in [0.05, 0.1) is 24.5 Å². The molecule has 170 valence electrons. The minimum Gasteiger partial charge on any atom is -0.489 e. The Balaban J connectivity index is 1.54. The van der Waals surface area contributed by atoms with E-state index < -0.39 is 11.7 Å². The van der Waals surface area contributed by atoms with Crippen molar-refractivity contribution in [2.24, 2.45) is 0 Å². The first kappa shape index (κ1) is 22.0. The molecule has 0 saturated carbocycles. The largest absolute Gasteiger partial charge is 0.489 e. The quantitative estimate of drug-likeness (QED) is 0.669. The van der Waals surface area contributed by atoms with Crippen molar-refractivity contribution in [3.05, 3.63) is 28.7 Å². The number of carbonyl (C=O) groups is 1. The molecular weight excluding hydrogens is 437 g/mol. The Bertz CT molecular complexity index is 971. The van der Waals surface area contributed by atoms with E-state index in [1.807, 2.05) is 0 Å². The molecule has 0 bridgehead atoms. The highest BCUT2D eigenvalue weighted by atomic mass is 35.5. The Morgan fingerprint density at radius 3 is 2.58 bits per heavy atom. The fraction of sp³-hybridized carbons (Fsp3) is 0.600. The van der Waals surface area contributed by atoms with E-state index >= 15 is 0 Å². The van der Waals surface area contributed by atoms with E-state index in [1.54, 1.807) is 18.7 Å². The third-order valence-electron chi connectivity index (χ3n) is 5.54. The fourth-order valence-electron chi connectivity index (χ4n) is 4.12. The van der Waals surface area contributed by atoms with E-state index in [0.29, 0.717) is 38.5 Å². The number of piperidine rings is 1. The van der Waals surface area contributed by atoms with Gasteiger partial charge in [-0.15, -0.1) is 0 Å². The molecule has 0 aromatic carbocycles. The van der Waals surface area contributed by atoms with Crippen molar-refractivity contribution < 1.29 is 27.4 Å². The first-order valence-electron chi connectivity index (χ1n) is 10.2. The summed E-state index contributed by atoms with van der Waals surface area (Å²) in [6.45, 7) is 6.20. The molecule has 11 heteroatoms. The molecule has 2 aromatic rings. The molecule has 31 heavy (non-hydrogen) atoms. The van der Waals surface area contributed by atoms with Gasteiger partial charge in [-0.2, -0.15) is 13.2 Å². The molecule has 2 aromatic heterocycles. The summed E-state index contributed by atoms with van der Waals surface area (Å²) in [4.78, 5) is 19.8. The lowest BCUT2D eigenvalue weighted by molar-refractivity contribution is -0.136. The van der Waals surface area contributed by atoms with E-state index in [-0.39, 0.29) is 34.8 Å². The summed E-state index contributed by atoms with van der Waals surface area (Å²) in [5.74, 6) is 0.0824. The van der Waals surface area contributed by atoms with Crippen LogP contribution in [0.4, 0.5) is 18.0 Å². The van der Waals surface area contributed by atoms with Gasteiger partial charge in [-0.05, 0) is 32.8 Å². The molecule has 2 saturated heterocycles. The van der Waals surface area contributed by atoms with Gasteiger partial charge < -0.3 is 14.4 Å². The van der Waals surface area contributed by atoms with Gasteiger partial charge in [-0.3, -0.25) is 9.30 Å². The highest BCUT2D eigenvalue weighted by Crippen LogP contribution is 2.37. The summed E-state index contributed by atoms with van der Waals surface area (Å²) in [6, 6.07) is 1.08. The summed E-state index contributed by atoms with van der Waals surface area (Å²) >= 11 is 6.44. The predicted octanol–water partition coefficient (Wildman–Crippen LogP) is 4.21. The number of halogens is 4. The number of fused-ring (bicyclic) bond motifs is 1. The fourth-order valence-corrected chi connectivity index (χ4v) is 4.35. The van der Waals surface area contributed by atoms with Crippen molar-refractivity contribution in [3.8, 4) is 5.75 Å². The lowest BCUT2D eigenvalue weighted by Crippen LogP contribution is -2.45. The third-order valence-corrected chi connectivity index (χ3v) is 5.94. The summed E-state index contributed by atoms with van der Waals surface area (Å²) in [5, 5.41) is 0.139. The van der Waals surface area contributed by atoms with Crippen LogP contribution in [0.25, 0.3) is 5.65 Å². The monoisotopic (exact) mass is 460 g/mol. The van der Waals surface area contributed by atoms with Crippen LogP contribution in [0, 0.1) is 0 Å².